The number of hydrogen-bond acceptors (Lipinski definition) is 5. The Hall–Kier alpha value is -3.06. The molecule has 2 heterocycles. The largest absolute Gasteiger partial charge is 0.335 e. The van der Waals surface area contributed by atoms with Gasteiger partial charge in [-0.05, 0) is 38.1 Å². The Balaban J connectivity index is 1.61. The van der Waals surface area contributed by atoms with Gasteiger partial charge in [0.2, 0.25) is 5.91 Å². The minimum atomic E-state index is -0.197. The van der Waals surface area contributed by atoms with Crippen LogP contribution in [0.1, 0.15) is 23.8 Å². The van der Waals surface area contributed by atoms with Gasteiger partial charge in [-0.25, -0.2) is 9.97 Å². The van der Waals surface area contributed by atoms with E-state index in [1.54, 1.807) is 48.4 Å². The molecule has 0 fully saturated rings. The Morgan fingerprint density at radius 2 is 1.79 bits per heavy atom. The van der Waals surface area contributed by atoms with Crippen molar-refractivity contribution in [3.63, 3.8) is 0 Å². The van der Waals surface area contributed by atoms with Gasteiger partial charge in [0, 0.05) is 7.05 Å². The molecule has 1 amide bonds. The first-order chi connectivity index (χ1) is 13.5. The van der Waals surface area contributed by atoms with Gasteiger partial charge in [0.1, 0.15) is 17.4 Å². The smallest absolute Gasteiger partial charge is 0.261 e. The Morgan fingerprint density at radius 3 is 2.54 bits per heavy atom. The van der Waals surface area contributed by atoms with E-state index in [-0.39, 0.29) is 24.1 Å². The normalized spacial score (nSPS) is 12.4. The molecule has 0 radical (unpaired) electrons. The summed E-state index contributed by atoms with van der Waals surface area (Å²) in [5, 5.41) is 1.39. The highest BCUT2D eigenvalue weighted by Gasteiger charge is 2.22. The maximum absolute atomic E-state index is 12.9. The molecule has 0 aliphatic rings. The summed E-state index contributed by atoms with van der Waals surface area (Å²) in [6, 6.07) is 14.9. The van der Waals surface area contributed by atoms with Crippen molar-refractivity contribution in [1.29, 1.82) is 0 Å². The minimum absolute atomic E-state index is 0.0474. The molecular formula is C21H20N4O2S. The summed E-state index contributed by atoms with van der Waals surface area (Å²) in [5.41, 5.74) is 1.38. The van der Waals surface area contributed by atoms with Gasteiger partial charge in [-0.1, -0.05) is 24.3 Å². The van der Waals surface area contributed by atoms with E-state index in [2.05, 4.69) is 9.97 Å². The van der Waals surface area contributed by atoms with Crippen LogP contribution in [-0.2, 0) is 11.3 Å². The summed E-state index contributed by atoms with van der Waals surface area (Å²) in [5.74, 6) is 0.368. The molecule has 0 unspecified atom stereocenters. The summed E-state index contributed by atoms with van der Waals surface area (Å²) in [6.45, 7) is 3.65. The van der Waals surface area contributed by atoms with Gasteiger partial charge in [0.25, 0.3) is 5.56 Å². The number of fused-ring (bicyclic) bond motifs is 2. The van der Waals surface area contributed by atoms with E-state index in [0.29, 0.717) is 16.7 Å². The summed E-state index contributed by atoms with van der Waals surface area (Å²) >= 11 is 1.58. The van der Waals surface area contributed by atoms with Crippen LogP contribution < -0.4 is 5.56 Å². The number of amides is 1. The molecule has 0 aliphatic heterocycles. The number of aryl methyl sites for hydroxylation is 1. The first kappa shape index (κ1) is 18.3. The number of carbonyl (C=O) groups excluding carboxylic acids is 1. The molecule has 2 aromatic heterocycles. The maximum atomic E-state index is 12.9. The second-order valence-electron chi connectivity index (χ2n) is 6.77. The van der Waals surface area contributed by atoms with Crippen molar-refractivity contribution < 1.29 is 4.79 Å². The lowest BCUT2D eigenvalue weighted by atomic mass is 10.2. The van der Waals surface area contributed by atoms with E-state index >= 15 is 0 Å². The van der Waals surface area contributed by atoms with Gasteiger partial charge in [0.05, 0.1) is 27.2 Å². The van der Waals surface area contributed by atoms with Crippen molar-refractivity contribution >= 4 is 38.4 Å². The first-order valence-corrected chi connectivity index (χ1v) is 9.84. The van der Waals surface area contributed by atoms with E-state index in [0.717, 1.165) is 15.2 Å². The lowest BCUT2D eigenvalue weighted by molar-refractivity contribution is -0.132. The molecule has 0 saturated heterocycles. The predicted octanol–water partition coefficient (Wildman–Crippen LogP) is 3.53. The fraction of sp³-hybridized carbons (Fsp3) is 0.238. The fourth-order valence-corrected chi connectivity index (χ4v) is 4.23. The summed E-state index contributed by atoms with van der Waals surface area (Å²) in [4.78, 5) is 36.4. The topological polar surface area (TPSA) is 68.1 Å². The molecule has 1 atom stereocenters. The Bertz CT molecular complexity index is 1210. The molecular weight excluding hydrogens is 372 g/mol. The average Bonchev–Trinajstić information content (AvgIpc) is 3.14. The fourth-order valence-electron chi connectivity index (χ4n) is 3.16. The monoisotopic (exact) mass is 392 g/mol. The first-order valence-electron chi connectivity index (χ1n) is 9.03. The third-order valence-electron chi connectivity index (χ3n) is 4.99. The van der Waals surface area contributed by atoms with Crippen LogP contribution in [-0.4, -0.2) is 32.4 Å². The number of thiazole rings is 1. The summed E-state index contributed by atoms with van der Waals surface area (Å²) in [6.07, 6.45) is 0. The van der Waals surface area contributed by atoms with Crippen LogP contribution in [0.25, 0.3) is 21.1 Å². The van der Waals surface area contributed by atoms with E-state index in [1.807, 2.05) is 37.3 Å². The molecule has 142 valence electrons. The van der Waals surface area contributed by atoms with E-state index < -0.39 is 0 Å². The van der Waals surface area contributed by atoms with Crippen LogP contribution in [0.2, 0.25) is 0 Å². The molecule has 0 aliphatic carbocycles. The Morgan fingerprint density at radius 1 is 1.11 bits per heavy atom. The molecule has 2 aromatic carbocycles. The molecule has 0 bridgehead atoms. The Kier molecular flexibility index (Phi) is 4.68. The van der Waals surface area contributed by atoms with Gasteiger partial charge >= 0.3 is 0 Å². The molecule has 4 rings (SSSR count). The molecule has 0 spiro atoms. The van der Waals surface area contributed by atoms with Gasteiger partial charge in [-0.3, -0.25) is 14.2 Å². The number of benzene rings is 2. The van der Waals surface area contributed by atoms with Crippen LogP contribution in [0.3, 0.4) is 0 Å². The minimum Gasteiger partial charge on any atom is -0.335 e. The van der Waals surface area contributed by atoms with E-state index in [1.165, 1.54) is 4.57 Å². The van der Waals surface area contributed by atoms with E-state index in [4.69, 9.17) is 0 Å². The molecule has 0 N–H and O–H groups in total. The van der Waals surface area contributed by atoms with Crippen LogP contribution in [0.4, 0.5) is 0 Å². The van der Waals surface area contributed by atoms with Crippen molar-refractivity contribution in [3.05, 3.63) is 69.7 Å². The molecule has 28 heavy (non-hydrogen) atoms. The Labute approximate surface area is 166 Å². The van der Waals surface area contributed by atoms with Crippen molar-refractivity contribution in [1.82, 2.24) is 19.4 Å². The standard InChI is InChI=1S/C21H20N4O2S/c1-13(20-23-17-10-6-7-11-18(17)28-20)24(3)19(26)12-25-14(2)22-16-9-5-4-8-15(16)21(25)27/h4-11,13H,12H2,1-3H3/t13-/m0/s1. The average molecular weight is 392 g/mol. The highest BCUT2D eigenvalue weighted by molar-refractivity contribution is 7.18. The number of hydrogen-bond donors (Lipinski definition) is 0. The van der Waals surface area contributed by atoms with Crippen LogP contribution in [0.15, 0.2) is 53.3 Å². The van der Waals surface area contributed by atoms with Crippen LogP contribution in [0, 0.1) is 6.92 Å². The maximum Gasteiger partial charge on any atom is 0.261 e. The van der Waals surface area contributed by atoms with Crippen molar-refractivity contribution in [2.24, 2.45) is 0 Å². The molecule has 6 nitrogen and oxygen atoms in total. The number of para-hydroxylation sites is 2. The number of likely N-dealkylation sites (N-methyl/N-ethyl adjacent to an activating group) is 1. The molecule has 4 aromatic rings. The summed E-state index contributed by atoms with van der Waals surface area (Å²) in [7, 11) is 1.74. The number of nitrogens with zero attached hydrogens (tertiary/aromatic N) is 4. The SMILES string of the molecule is Cc1nc2ccccc2c(=O)n1CC(=O)N(C)[C@@H](C)c1nc2ccccc2s1. The van der Waals surface area contributed by atoms with Gasteiger partial charge in [0.15, 0.2) is 0 Å². The van der Waals surface area contributed by atoms with E-state index in [9.17, 15) is 9.59 Å². The number of rotatable bonds is 4. The lowest BCUT2D eigenvalue weighted by Crippen LogP contribution is -2.36. The van der Waals surface area contributed by atoms with Crippen LogP contribution >= 0.6 is 11.3 Å². The molecule has 7 heteroatoms. The second-order valence-corrected chi connectivity index (χ2v) is 7.83. The van der Waals surface area contributed by atoms with Crippen molar-refractivity contribution in [2.45, 2.75) is 26.4 Å². The van der Waals surface area contributed by atoms with Gasteiger partial charge in [-0.2, -0.15) is 0 Å². The van der Waals surface area contributed by atoms with Crippen LogP contribution in [0.5, 0.6) is 0 Å². The third-order valence-corrected chi connectivity index (χ3v) is 6.19. The van der Waals surface area contributed by atoms with Gasteiger partial charge in [-0.15, -0.1) is 11.3 Å². The third kappa shape index (κ3) is 3.18. The second kappa shape index (κ2) is 7.16. The molecule has 0 saturated carbocycles. The zero-order chi connectivity index (χ0) is 19.8. The quantitative estimate of drug-likeness (QED) is 0.533. The zero-order valence-electron chi connectivity index (χ0n) is 15.9. The number of carbonyl (C=O) groups is 1. The lowest BCUT2D eigenvalue weighted by Gasteiger charge is -2.24. The zero-order valence-corrected chi connectivity index (χ0v) is 16.7. The highest BCUT2D eigenvalue weighted by atomic mass is 32.1. The number of aromatic nitrogens is 3. The summed E-state index contributed by atoms with van der Waals surface area (Å²) < 4.78 is 2.53. The highest BCUT2D eigenvalue weighted by Crippen LogP contribution is 2.28. The van der Waals surface area contributed by atoms with Crippen molar-refractivity contribution in [3.8, 4) is 0 Å². The predicted molar refractivity (Wildman–Crippen MR) is 112 cm³/mol. The van der Waals surface area contributed by atoms with Gasteiger partial charge < -0.3 is 4.90 Å². The van der Waals surface area contributed by atoms with Crippen molar-refractivity contribution in [2.75, 3.05) is 7.05 Å².